The summed E-state index contributed by atoms with van der Waals surface area (Å²) in [5, 5.41) is 7.88. The summed E-state index contributed by atoms with van der Waals surface area (Å²) in [6.45, 7) is 13.1. The van der Waals surface area contributed by atoms with Gasteiger partial charge < -0.3 is 5.32 Å². The molecular formula is C13H24N4. The molecule has 1 aromatic rings. The number of aryl methyl sites for hydroxylation is 1. The van der Waals surface area contributed by atoms with E-state index in [1.54, 1.807) is 0 Å². The van der Waals surface area contributed by atoms with Crippen molar-refractivity contribution in [3.63, 3.8) is 0 Å². The van der Waals surface area contributed by atoms with Crippen molar-refractivity contribution in [3.05, 3.63) is 18.0 Å². The van der Waals surface area contributed by atoms with E-state index in [0.717, 1.165) is 26.2 Å². The van der Waals surface area contributed by atoms with Crippen LogP contribution in [-0.2, 0) is 13.1 Å². The minimum Gasteiger partial charge on any atom is -0.311 e. The van der Waals surface area contributed by atoms with Crippen LogP contribution in [0.2, 0.25) is 0 Å². The molecule has 0 radical (unpaired) electrons. The van der Waals surface area contributed by atoms with Crippen molar-refractivity contribution < 1.29 is 0 Å². The van der Waals surface area contributed by atoms with Crippen molar-refractivity contribution in [3.8, 4) is 0 Å². The van der Waals surface area contributed by atoms with Gasteiger partial charge in [-0.2, -0.15) is 5.10 Å². The highest BCUT2D eigenvalue weighted by atomic mass is 15.3. The monoisotopic (exact) mass is 236 g/mol. The van der Waals surface area contributed by atoms with E-state index in [9.17, 15) is 0 Å². The SMILES string of the molecule is CCn1cc(CN2CC(C)NCC2(C)C)cn1. The van der Waals surface area contributed by atoms with E-state index < -0.39 is 0 Å². The minimum absolute atomic E-state index is 0.223. The Kier molecular flexibility index (Phi) is 3.54. The largest absolute Gasteiger partial charge is 0.311 e. The first-order chi connectivity index (χ1) is 8.01. The third-order valence-electron chi connectivity index (χ3n) is 3.62. The van der Waals surface area contributed by atoms with Crippen molar-refractivity contribution in [1.29, 1.82) is 0 Å². The van der Waals surface area contributed by atoms with Gasteiger partial charge in [0.25, 0.3) is 0 Å². The number of aromatic nitrogens is 2. The maximum atomic E-state index is 4.34. The second-order valence-electron chi connectivity index (χ2n) is 5.68. The lowest BCUT2D eigenvalue weighted by molar-refractivity contribution is 0.0626. The molecule has 0 spiro atoms. The Morgan fingerprint density at radius 1 is 1.53 bits per heavy atom. The molecule has 4 nitrogen and oxygen atoms in total. The summed E-state index contributed by atoms with van der Waals surface area (Å²) < 4.78 is 1.99. The molecule has 1 unspecified atom stereocenters. The van der Waals surface area contributed by atoms with E-state index in [1.165, 1.54) is 5.56 Å². The fraction of sp³-hybridized carbons (Fsp3) is 0.769. The zero-order valence-electron chi connectivity index (χ0n) is 11.4. The predicted molar refractivity (Wildman–Crippen MR) is 69.9 cm³/mol. The molecule has 2 heterocycles. The van der Waals surface area contributed by atoms with E-state index in [2.05, 4.69) is 49.2 Å². The van der Waals surface area contributed by atoms with Crippen LogP contribution in [0.4, 0.5) is 0 Å². The first-order valence-corrected chi connectivity index (χ1v) is 6.51. The summed E-state index contributed by atoms with van der Waals surface area (Å²) in [7, 11) is 0. The molecule has 17 heavy (non-hydrogen) atoms. The van der Waals surface area contributed by atoms with E-state index >= 15 is 0 Å². The van der Waals surface area contributed by atoms with E-state index in [4.69, 9.17) is 0 Å². The molecule has 1 aliphatic heterocycles. The van der Waals surface area contributed by atoms with E-state index in [1.807, 2.05) is 10.9 Å². The number of piperazine rings is 1. The molecule has 1 aromatic heterocycles. The van der Waals surface area contributed by atoms with Gasteiger partial charge in [0.2, 0.25) is 0 Å². The van der Waals surface area contributed by atoms with Crippen molar-refractivity contribution in [2.45, 2.75) is 52.4 Å². The molecule has 96 valence electrons. The molecule has 2 rings (SSSR count). The normalized spacial score (nSPS) is 25.1. The fourth-order valence-corrected chi connectivity index (χ4v) is 2.34. The molecule has 1 N–H and O–H groups in total. The van der Waals surface area contributed by atoms with Gasteiger partial charge in [0, 0.05) is 49.5 Å². The van der Waals surface area contributed by atoms with Gasteiger partial charge in [-0.15, -0.1) is 0 Å². The van der Waals surface area contributed by atoms with E-state index in [-0.39, 0.29) is 5.54 Å². The lowest BCUT2D eigenvalue weighted by atomic mass is 9.97. The van der Waals surface area contributed by atoms with Crippen LogP contribution in [0.5, 0.6) is 0 Å². The van der Waals surface area contributed by atoms with Crippen LogP contribution in [0.1, 0.15) is 33.3 Å². The molecule has 0 aromatic carbocycles. The second-order valence-corrected chi connectivity index (χ2v) is 5.68. The van der Waals surface area contributed by atoms with Crippen LogP contribution >= 0.6 is 0 Å². The van der Waals surface area contributed by atoms with Crippen molar-refractivity contribution >= 4 is 0 Å². The highest BCUT2D eigenvalue weighted by Crippen LogP contribution is 2.21. The summed E-state index contributed by atoms with van der Waals surface area (Å²) in [4.78, 5) is 2.55. The maximum absolute atomic E-state index is 4.34. The maximum Gasteiger partial charge on any atom is 0.0534 e. The molecular weight excluding hydrogens is 212 g/mol. The summed E-state index contributed by atoms with van der Waals surface area (Å²) in [6.07, 6.45) is 4.15. The van der Waals surface area contributed by atoms with Gasteiger partial charge in [-0.3, -0.25) is 9.58 Å². The van der Waals surface area contributed by atoms with Crippen molar-refractivity contribution in [2.75, 3.05) is 13.1 Å². The number of nitrogens with one attached hydrogen (secondary N) is 1. The highest BCUT2D eigenvalue weighted by Gasteiger charge is 2.32. The second kappa shape index (κ2) is 4.78. The standard InChI is InChI=1S/C13H24N4/c1-5-17-9-12(6-15-17)8-16-7-11(2)14-10-13(16,3)4/h6,9,11,14H,5,7-8,10H2,1-4H3. The van der Waals surface area contributed by atoms with Crippen molar-refractivity contribution in [2.24, 2.45) is 0 Å². The average molecular weight is 236 g/mol. The lowest BCUT2D eigenvalue weighted by Crippen LogP contribution is -2.60. The predicted octanol–water partition coefficient (Wildman–Crippen LogP) is 1.48. The van der Waals surface area contributed by atoms with Gasteiger partial charge in [0.1, 0.15) is 0 Å². The molecule has 0 amide bonds. The number of hydrogen-bond donors (Lipinski definition) is 1. The molecule has 0 bridgehead atoms. The molecule has 1 aliphatic rings. The van der Waals surface area contributed by atoms with Gasteiger partial charge in [0.15, 0.2) is 0 Å². The molecule has 0 aliphatic carbocycles. The Morgan fingerprint density at radius 3 is 2.94 bits per heavy atom. The molecule has 4 heteroatoms. The topological polar surface area (TPSA) is 33.1 Å². The Bertz CT molecular complexity index is 369. The van der Waals surface area contributed by atoms with Gasteiger partial charge in [-0.05, 0) is 27.7 Å². The summed E-state index contributed by atoms with van der Waals surface area (Å²) in [6, 6.07) is 0.573. The fourth-order valence-electron chi connectivity index (χ4n) is 2.34. The zero-order valence-corrected chi connectivity index (χ0v) is 11.4. The third kappa shape index (κ3) is 2.87. The Labute approximate surface area is 104 Å². The van der Waals surface area contributed by atoms with Gasteiger partial charge >= 0.3 is 0 Å². The Hall–Kier alpha value is -0.870. The van der Waals surface area contributed by atoms with Crippen LogP contribution in [0.25, 0.3) is 0 Å². The lowest BCUT2D eigenvalue weighted by Gasteiger charge is -2.45. The molecule has 1 atom stereocenters. The summed E-state index contributed by atoms with van der Waals surface area (Å²) in [5.41, 5.74) is 1.54. The third-order valence-corrected chi connectivity index (χ3v) is 3.62. The number of nitrogens with zero attached hydrogens (tertiary/aromatic N) is 3. The first kappa shape index (κ1) is 12.6. The number of hydrogen-bond acceptors (Lipinski definition) is 3. The van der Waals surface area contributed by atoms with Gasteiger partial charge in [-0.25, -0.2) is 0 Å². The van der Waals surface area contributed by atoms with Gasteiger partial charge in [-0.1, -0.05) is 0 Å². The Balaban J connectivity index is 2.05. The molecule has 1 fully saturated rings. The summed E-state index contributed by atoms with van der Waals surface area (Å²) in [5.74, 6) is 0. The molecule has 1 saturated heterocycles. The molecule has 0 saturated carbocycles. The highest BCUT2D eigenvalue weighted by molar-refractivity contribution is 5.06. The number of rotatable bonds is 3. The van der Waals surface area contributed by atoms with Crippen molar-refractivity contribution in [1.82, 2.24) is 20.0 Å². The first-order valence-electron chi connectivity index (χ1n) is 6.51. The quantitative estimate of drug-likeness (QED) is 0.863. The average Bonchev–Trinajstić information content (AvgIpc) is 2.72. The van der Waals surface area contributed by atoms with E-state index in [0.29, 0.717) is 6.04 Å². The van der Waals surface area contributed by atoms with Crippen LogP contribution in [0.15, 0.2) is 12.4 Å². The summed E-state index contributed by atoms with van der Waals surface area (Å²) >= 11 is 0. The minimum atomic E-state index is 0.223. The van der Waals surface area contributed by atoms with Gasteiger partial charge in [0.05, 0.1) is 6.20 Å². The van der Waals surface area contributed by atoms with Crippen LogP contribution in [0, 0.1) is 0 Å². The van der Waals surface area contributed by atoms with Crippen LogP contribution in [-0.4, -0.2) is 39.4 Å². The smallest absolute Gasteiger partial charge is 0.0534 e. The Morgan fingerprint density at radius 2 is 2.29 bits per heavy atom. The van der Waals surface area contributed by atoms with Crippen LogP contribution in [0.3, 0.4) is 0 Å². The van der Waals surface area contributed by atoms with Crippen LogP contribution < -0.4 is 5.32 Å². The zero-order chi connectivity index (χ0) is 12.5.